The molecule has 2 heterocycles. The fourth-order valence-corrected chi connectivity index (χ4v) is 3.14. The van der Waals surface area contributed by atoms with Gasteiger partial charge in [-0.1, -0.05) is 17.7 Å². The van der Waals surface area contributed by atoms with E-state index in [0.717, 1.165) is 21.1 Å². The van der Waals surface area contributed by atoms with Crippen molar-refractivity contribution in [3.05, 3.63) is 57.6 Å². The first-order chi connectivity index (χ1) is 9.17. The van der Waals surface area contributed by atoms with Crippen LogP contribution < -0.4 is 0 Å². The van der Waals surface area contributed by atoms with Gasteiger partial charge in [-0.3, -0.25) is 4.40 Å². The first kappa shape index (κ1) is 12.6. The molecule has 0 aliphatic carbocycles. The first-order valence-corrected chi connectivity index (χ1v) is 6.86. The van der Waals surface area contributed by atoms with Crippen molar-refractivity contribution in [2.75, 3.05) is 0 Å². The van der Waals surface area contributed by atoms with Crippen LogP contribution in [0.15, 0.2) is 30.6 Å². The van der Waals surface area contributed by atoms with E-state index >= 15 is 0 Å². The predicted octanol–water partition coefficient (Wildman–Crippen LogP) is 3.27. The molecule has 0 unspecified atom stereocenters. The van der Waals surface area contributed by atoms with Crippen molar-refractivity contribution in [2.24, 2.45) is 0 Å². The van der Waals surface area contributed by atoms with Crippen molar-refractivity contribution < 1.29 is 9.50 Å². The molecule has 3 aromatic rings. The van der Waals surface area contributed by atoms with E-state index < -0.39 is 5.82 Å². The smallest absolute Gasteiger partial charge is 0.194 e. The first-order valence-electron chi connectivity index (χ1n) is 5.67. The van der Waals surface area contributed by atoms with Crippen LogP contribution in [0, 0.1) is 5.82 Å². The van der Waals surface area contributed by atoms with Crippen LogP contribution in [0.4, 0.5) is 4.39 Å². The van der Waals surface area contributed by atoms with Gasteiger partial charge in [-0.25, -0.2) is 9.37 Å². The van der Waals surface area contributed by atoms with Crippen molar-refractivity contribution in [3.63, 3.8) is 0 Å². The molecule has 98 valence electrons. The third-order valence-corrected chi connectivity index (χ3v) is 4.15. The van der Waals surface area contributed by atoms with Crippen molar-refractivity contribution in [1.82, 2.24) is 9.38 Å². The highest BCUT2D eigenvalue weighted by atomic mass is 35.5. The second-order valence-electron chi connectivity index (χ2n) is 4.18. The van der Waals surface area contributed by atoms with Gasteiger partial charge < -0.3 is 5.11 Å². The molecule has 0 aliphatic rings. The zero-order chi connectivity index (χ0) is 13.4. The van der Waals surface area contributed by atoms with E-state index in [4.69, 9.17) is 11.6 Å². The number of nitrogens with zero attached hydrogens (tertiary/aromatic N) is 2. The second-order valence-corrected chi connectivity index (χ2v) is 5.68. The maximum Gasteiger partial charge on any atom is 0.194 e. The Morgan fingerprint density at radius 3 is 3.00 bits per heavy atom. The van der Waals surface area contributed by atoms with Crippen LogP contribution in [0.2, 0.25) is 5.02 Å². The van der Waals surface area contributed by atoms with E-state index in [1.165, 1.54) is 6.07 Å². The summed E-state index contributed by atoms with van der Waals surface area (Å²) in [6, 6.07) is 4.72. The van der Waals surface area contributed by atoms with Crippen LogP contribution in [-0.2, 0) is 13.0 Å². The third-order valence-electron chi connectivity index (χ3n) is 2.86. The molecule has 0 amide bonds. The highest BCUT2D eigenvalue weighted by Gasteiger charge is 2.09. The Morgan fingerprint density at radius 1 is 1.42 bits per heavy atom. The Labute approximate surface area is 117 Å². The summed E-state index contributed by atoms with van der Waals surface area (Å²) in [5.41, 5.74) is 1.70. The lowest BCUT2D eigenvalue weighted by atomic mass is 10.1. The summed E-state index contributed by atoms with van der Waals surface area (Å²) in [7, 11) is 0. The lowest BCUT2D eigenvalue weighted by molar-refractivity contribution is 0.276. The van der Waals surface area contributed by atoms with Crippen LogP contribution in [0.25, 0.3) is 4.96 Å². The molecule has 19 heavy (non-hydrogen) atoms. The molecular formula is C13H10ClFN2OS. The van der Waals surface area contributed by atoms with Gasteiger partial charge in [0, 0.05) is 17.5 Å². The van der Waals surface area contributed by atoms with Gasteiger partial charge in [0.25, 0.3) is 0 Å². The number of benzene rings is 1. The molecule has 0 spiro atoms. The zero-order valence-electron chi connectivity index (χ0n) is 9.81. The Balaban J connectivity index is 1.92. The zero-order valence-corrected chi connectivity index (χ0v) is 11.4. The molecule has 0 fully saturated rings. The van der Waals surface area contributed by atoms with Gasteiger partial charge in [0.2, 0.25) is 0 Å². The Hall–Kier alpha value is -1.43. The summed E-state index contributed by atoms with van der Waals surface area (Å²) in [5.74, 6) is -0.408. The molecule has 0 saturated carbocycles. The van der Waals surface area contributed by atoms with Crippen LogP contribution in [0.5, 0.6) is 0 Å². The number of aliphatic hydroxyl groups excluding tert-OH is 1. The second kappa shape index (κ2) is 4.92. The highest BCUT2D eigenvalue weighted by molar-refractivity contribution is 7.17. The Morgan fingerprint density at radius 2 is 2.26 bits per heavy atom. The molecule has 0 atom stereocenters. The number of rotatable bonds is 3. The average molecular weight is 297 g/mol. The molecule has 0 saturated heterocycles. The van der Waals surface area contributed by atoms with E-state index in [1.807, 2.05) is 10.6 Å². The quantitative estimate of drug-likeness (QED) is 0.805. The molecular weight excluding hydrogens is 287 g/mol. The number of thiazole rings is 1. The molecule has 1 aromatic carbocycles. The van der Waals surface area contributed by atoms with Crippen LogP contribution >= 0.6 is 22.9 Å². The van der Waals surface area contributed by atoms with Gasteiger partial charge >= 0.3 is 0 Å². The number of aromatic nitrogens is 2. The summed E-state index contributed by atoms with van der Waals surface area (Å²) < 4.78 is 14.9. The van der Waals surface area contributed by atoms with Gasteiger partial charge in [-0.2, -0.15) is 0 Å². The third kappa shape index (κ3) is 2.36. The number of aliphatic hydroxyl groups is 1. The normalized spacial score (nSPS) is 11.3. The minimum absolute atomic E-state index is 0.0419. The van der Waals surface area contributed by atoms with Crippen LogP contribution in [0.3, 0.4) is 0 Å². The van der Waals surface area contributed by atoms with Crippen molar-refractivity contribution >= 4 is 27.9 Å². The standard InChI is InChI=1S/C13H10ClFN2OS/c14-11-4-8(1-2-12(11)15)3-10-6-17-9(7-18)5-16-13(17)19-10/h1-2,4-6,18H,3,7H2. The Kier molecular flexibility index (Phi) is 3.26. The topological polar surface area (TPSA) is 37.5 Å². The summed E-state index contributed by atoms with van der Waals surface area (Å²) in [4.78, 5) is 6.14. The van der Waals surface area contributed by atoms with Gasteiger partial charge in [0.05, 0.1) is 23.5 Å². The molecule has 3 rings (SSSR count). The van der Waals surface area contributed by atoms with E-state index in [2.05, 4.69) is 4.98 Å². The largest absolute Gasteiger partial charge is 0.390 e. The molecule has 0 aliphatic heterocycles. The predicted molar refractivity (Wildman–Crippen MR) is 73.2 cm³/mol. The molecule has 2 aromatic heterocycles. The van der Waals surface area contributed by atoms with Crippen molar-refractivity contribution in [2.45, 2.75) is 13.0 Å². The monoisotopic (exact) mass is 296 g/mol. The lowest BCUT2D eigenvalue weighted by Crippen LogP contribution is -1.90. The SMILES string of the molecule is OCc1cnc2sc(Cc3ccc(F)c(Cl)c3)cn12. The minimum atomic E-state index is -0.408. The van der Waals surface area contributed by atoms with Crippen LogP contribution in [0.1, 0.15) is 16.1 Å². The summed E-state index contributed by atoms with van der Waals surface area (Å²) in [5, 5.41) is 9.31. The highest BCUT2D eigenvalue weighted by Crippen LogP contribution is 2.23. The van der Waals surface area contributed by atoms with Crippen molar-refractivity contribution in [1.29, 1.82) is 0 Å². The fraction of sp³-hybridized carbons (Fsp3) is 0.154. The Bertz CT molecular complexity index is 737. The molecule has 3 nitrogen and oxygen atoms in total. The number of hydrogen-bond donors (Lipinski definition) is 1. The van der Waals surface area contributed by atoms with Crippen molar-refractivity contribution in [3.8, 4) is 0 Å². The van der Waals surface area contributed by atoms with E-state index in [0.29, 0.717) is 6.42 Å². The van der Waals surface area contributed by atoms with E-state index in [9.17, 15) is 9.50 Å². The number of fused-ring (bicyclic) bond motifs is 1. The lowest BCUT2D eigenvalue weighted by Gasteiger charge is -2.00. The van der Waals surface area contributed by atoms with Gasteiger partial charge in [0.15, 0.2) is 4.96 Å². The minimum Gasteiger partial charge on any atom is -0.390 e. The number of halogens is 2. The number of hydrogen-bond acceptors (Lipinski definition) is 3. The summed E-state index contributed by atoms with van der Waals surface area (Å²) >= 11 is 7.31. The van der Waals surface area contributed by atoms with Gasteiger partial charge in [-0.15, -0.1) is 11.3 Å². The molecule has 0 radical (unpaired) electrons. The summed E-state index contributed by atoms with van der Waals surface area (Å²) in [6.07, 6.45) is 4.26. The van der Waals surface area contributed by atoms with Gasteiger partial charge in [0.1, 0.15) is 5.82 Å². The average Bonchev–Trinajstić information content (AvgIpc) is 2.93. The molecule has 0 bridgehead atoms. The van der Waals surface area contributed by atoms with E-state index in [1.54, 1.807) is 29.7 Å². The maximum absolute atomic E-state index is 13.1. The van der Waals surface area contributed by atoms with Crippen LogP contribution in [-0.4, -0.2) is 14.5 Å². The van der Waals surface area contributed by atoms with Gasteiger partial charge in [-0.05, 0) is 17.7 Å². The molecule has 6 heteroatoms. The number of imidazole rings is 1. The summed E-state index contributed by atoms with van der Waals surface area (Å²) in [6.45, 7) is -0.0419. The maximum atomic E-state index is 13.1. The fourth-order valence-electron chi connectivity index (χ4n) is 1.93. The van der Waals surface area contributed by atoms with E-state index in [-0.39, 0.29) is 11.6 Å². The molecule has 1 N–H and O–H groups in total.